The Labute approximate surface area is 157 Å². The molecule has 1 unspecified atom stereocenters. The van der Waals surface area contributed by atoms with Crippen molar-refractivity contribution >= 4 is 17.6 Å². The van der Waals surface area contributed by atoms with E-state index in [2.05, 4.69) is 10.3 Å². The number of methoxy groups -OCH3 is 1. The Morgan fingerprint density at radius 1 is 1.58 bits per heavy atom. The number of carboxylic acids is 1. The van der Waals surface area contributed by atoms with E-state index in [1.807, 2.05) is 13.1 Å². The molecule has 0 bridgehead atoms. The number of aryl methyl sites for hydroxylation is 1. The lowest BCUT2D eigenvalue weighted by Crippen LogP contribution is -2.40. The standard InChI is InChI=1S/C14H10ClN3O2.C4H11NO/c15-12-5-9(6-16)1-2-11(12)14(13(19)20)4-3-10-7-17-8-18(10)14;1-5-3-4-6-2/h1-2,5,7-8H,3-4H2,(H,19,20);5H,3-4H2,1-2H3. The zero-order chi connectivity index (χ0) is 19.2. The van der Waals surface area contributed by atoms with Gasteiger partial charge in [-0.25, -0.2) is 9.78 Å². The summed E-state index contributed by atoms with van der Waals surface area (Å²) in [6.07, 6.45) is 4.24. The van der Waals surface area contributed by atoms with Gasteiger partial charge in [0.2, 0.25) is 0 Å². The molecule has 0 fully saturated rings. The lowest BCUT2D eigenvalue weighted by Gasteiger charge is -2.28. The maximum atomic E-state index is 11.9. The van der Waals surface area contributed by atoms with Crippen molar-refractivity contribution in [2.45, 2.75) is 18.4 Å². The van der Waals surface area contributed by atoms with E-state index in [4.69, 9.17) is 21.6 Å². The van der Waals surface area contributed by atoms with Crippen molar-refractivity contribution in [3.05, 3.63) is 52.6 Å². The van der Waals surface area contributed by atoms with Gasteiger partial charge in [-0.3, -0.25) is 0 Å². The molecule has 1 atom stereocenters. The monoisotopic (exact) mass is 376 g/mol. The van der Waals surface area contributed by atoms with Gasteiger partial charge in [0.05, 0.1) is 24.6 Å². The largest absolute Gasteiger partial charge is 0.479 e. The molecule has 1 aromatic carbocycles. The molecule has 2 aromatic rings. The molecule has 138 valence electrons. The Kier molecular flexibility index (Phi) is 6.75. The minimum atomic E-state index is -1.24. The average molecular weight is 377 g/mol. The summed E-state index contributed by atoms with van der Waals surface area (Å²) in [5.41, 5.74) is 0.523. The number of fused-ring (bicyclic) bond motifs is 1. The molecule has 0 saturated heterocycles. The lowest BCUT2D eigenvalue weighted by atomic mass is 9.87. The highest BCUT2D eigenvalue weighted by Crippen LogP contribution is 2.41. The fourth-order valence-corrected chi connectivity index (χ4v) is 3.33. The van der Waals surface area contributed by atoms with Crippen LogP contribution in [-0.2, 0) is 21.5 Å². The highest BCUT2D eigenvalue weighted by molar-refractivity contribution is 6.31. The van der Waals surface area contributed by atoms with Gasteiger partial charge in [-0.2, -0.15) is 5.26 Å². The number of ether oxygens (including phenoxy) is 1. The van der Waals surface area contributed by atoms with Crippen LogP contribution in [0.2, 0.25) is 5.02 Å². The summed E-state index contributed by atoms with van der Waals surface area (Å²) in [6, 6.07) is 6.69. The van der Waals surface area contributed by atoms with Gasteiger partial charge in [0.15, 0.2) is 5.54 Å². The average Bonchev–Trinajstić information content (AvgIpc) is 3.23. The maximum Gasteiger partial charge on any atom is 0.334 e. The molecule has 3 rings (SSSR count). The first-order valence-electron chi connectivity index (χ1n) is 8.10. The van der Waals surface area contributed by atoms with E-state index < -0.39 is 11.5 Å². The van der Waals surface area contributed by atoms with E-state index in [1.54, 1.807) is 30.0 Å². The van der Waals surface area contributed by atoms with Gasteiger partial charge in [0.25, 0.3) is 0 Å². The SMILES string of the molecule is CNCCOC.N#Cc1ccc(C2(C(=O)O)CCc3cncn32)c(Cl)c1. The van der Waals surface area contributed by atoms with Crippen molar-refractivity contribution in [1.82, 2.24) is 14.9 Å². The third-order valence-electron chi connectivity index (χ3n) is 4.32. The van der Waals surface area contributed by atoms with Crippen LogP contribution in [0.25, 0.3) is 0 Å². The van der Waals surface area contributed by atoms with Crippen LogP contribution in [0.5, 0.6) is 0 Å². The Morgan fingerprint density at radius 2 is 2.35 bits per heavy atom. The van der Waals surface area contributed by atoms with E-state index in [1.165, 1.54) is 12.4 Å². The zero-order valence-corrected chi connectivity index (χ0v) is 15.5. The first-order valence-corrected chi connectivity index (χ1v) is 8.47. The van der Waals surface area contributed by atoms with E-state index in [0.29, 0.717) is 24.0 Å². The van der Waals surface area contributed by atoms with Crippen molar-refractivity contribution in [2.75, 3.05) is 27.3 Å². The molecule has 0 spiro atoms. The first-order chi connectivity index (χ1) is 12.5. The summed E-state index contributed by atoms with van der Waals surface area (Å²) < 4.78 is 6.38. The molecule has 8 heteroatoms. The number of aliphatic carboxylic acids is 1. The highest BCUT2D eigenvalue weighted by Gasteiger charge is 2.48. The summed E-state index contributed by atoms with van der Waals surface area (Å²) in [5, 5.41) is 21.9. The van der Waals surface area contributed by atoms with Crippen molar-refractivity contribution in [2.24, 2.45) is 0 Å². The first kappa shape index (κ1) is 19.9. The molecule has 7 nitrogen and oxygen atoms in total. The number of nitriles is 1. The molecule has 0 amide bonds. The Hall–Kier alpha value is -2.40. The Balaban J connectivity index is 0.000000352. The maximum absolute atomic E-state index is 11.9. The van der Waals surface area contributed by atoms with Crippen molar-refractivity contribution in [3.8, 4) is 6.07 Å². The molecule has 1 aromatic heterocycles. The molecular formula is C18H21ClN4O3. The second kappa shape index (κ2) is 8.81. The molecule has 0 aliphatic carbocycles. The summed E-state index contributed by atoms with van der Waals surface area (Å²) in [6.45, 7) is 1.74. The van der Waals surface area contributed by atoms with Crippen LogP contribution in [0.3, 0.4) is 0 Å². The molecule has 1 aliphatic rings. The number of nitrogens with one attached hydrogen (secondary N) is 1. The molecular weight excluding hydrogens is 356 g/mol. The van der Waals surface area contributed by atoms with E-state index in [9.17, 15) is 9.90 Å². The smallest absolute Gasteiger partial charge is 0.334 e. The van der Waals surface area contributed by atoms with Gasteiger partial charge in [0.1, 0.15) is 0 Å². The highest BCUT2D eigenvalue weighted by atomic mass is 35.5. The predicted molar refractivity (Wildman–Crippen MR) is 97.2 cm³/mol. The van der Waals surface area contributed by atoms with Crippen LogP contribution < -0.4 is 5.32 Å². The van der Waals surface area contributed by atoms with Crippen LogP contribution in [0.15, 0.2) is 30.7 Å². The molecule has 26 heavy (non-hydrogen) atoms. The molecule has 0 radical (unpaired) electrons. The summed E-state index contributed by atoms with van der Waals surface area (Å²) >= 11 is 6.21. The summed E-state index contributed by atoms with van der Waals surface area (Å²) in [7, 11) is 3.59. The van der Waals surface area contributed by atoms with Gasteiger partial charge >= 0.3 is 5.97 Å². The number of benzene rings is 1. The van der Waals surface area contributed by atoms with Gasteiger partial charge in [0, 0.05) is 36.1 Å². The van der Waals surface area contributed by atoms with Crippen molar-refractivity contribution in [1.29, 1.82) is 5.26 Å². The Bertz CT molecular complexity index is 811. The second-order valence-electron chi connectivity index (χ2n) is 5.82. The Morgan fingerprint density at radius 3 is 2.88 bits per heavy atom. The third kappa shape index (κ3) is 3.73. The van der Waals surface area contributed by atoms with Gasteiger partial charge in [-0.1, -0.05) is 17.7 Å². The number of imidazole rings is 1. The molecule has 0 saturated carbocycles. The van der Waals surface area contributed by atoms with E-state index >= 15 is 0 Å². The second-order valence-corrected chi connectivity index (χ2v) is 6.23. The van der Waals surface area contributed by atoms with Crippen LogP contribution >= 0.6 is 11.6 Å². The fraction of sp³-hybridized carbons (Fsp3) is 0.389. The van der Waals surface area contributed by atoms with Crippen LogP contribution in [-0.4, -0.2) is 47.9 Å². The van der Waals surface area contributed by atoms with Crippen LogP contribution in [0.4, 0.5) is 0 Å². The normalized spacial score (nSPS) is 17.8. The number of aromatic nitrogens is 2. The van der Waals surface area contributed by atoms with Crippen LogP contribution in [0.1, 0.15) is 23.2 Å². The van der Waals surface area contributed by atoms with Gasteiger partial charge in [-0.15, -0.1) is 0 Å². The fourth-order valence-electron chi connectivity index (χ4n) is 2.99. The minimum Gasteiger partial charge on any atom is -0.479 e. The van der Waals surface area contributed by atoms with Gasteiger partial charge < -0.3 is 19.7 Å². The number of nitrogens with zero attached hydrogens (tertiary/aromatic N) is 3. The van der Waals surface area contributed by atoms with E-state index in [-0.39, 0.29) is 5.02 Å². The van der Waals surface area contributed by atoms with Crippen LogP contribution in [0, 0.1) is 11.3 Å². The quantitative estimate of drug-likeness (QED) is 0.774. The number of hydrogen-bond donors (Lipinski definition) is 2. The number of likely N-dealkylation sites (N-methyl/N-ethyl adjacent to an activating group) is 1. The third-order valence-corrected chi connectivity index (χ3v) is 4.64. The topological polar surface area (TPSA) is 100 Å². The minimum absolute atomic E-state index is 0.285. The molecule has 2 N–H and O–H groups in total. The summed E-state index contributed by atoms with van der Waals surface area (Å²) in [5.74, 6) is -0.971. The lowest BCUT2D eigenvalue weighted by molar-refractivity contribution is -0.145. The predicted octanol–water partition coefficient (Wildman–Crippen LogP) is 2.03. The number of carbonyl (C=O) groups is 1. The van der Waals surface area contributed by atoms with Crippen molar-refractivity contribution < 1.29 is 14.6 Å². The summed E-state index contributed by atoms with van der Waals surface area (Å²) in [4.78, 5) is 15.9. The zero-order valence-electron chi connectivity index (χ0n) is 14.7. The number of carboxylic acid groups (broad SMARTS) is 1. The van der Waals surface area contributed by atoms with E-state index in [0.717, 1.165) is 18.8 Å². The molecule has 2 heterocycles. The number of rotatable bonds is 5. The number of halogens is 1. The molecule has 1 aliphatic heterocycles. The van der Waals surface area contributed by atoms with Crippen molar-refractivity contribution in [3.63, 3.8) is 0 Å². The van der Waals surface area contributed by atoms with Gasteiger partial charge in [-0.05, 0) is 32.0 Å². The number of hydrogen-bond acceptors (Lipinski definition) is 5.